The monoisotopic (exact) mass is 215 g/mol. The van der Waals surface area contributed by atoms with Crippen LogP contribution >= 0.6 is 0 Å². The van der Waals surface area contributed by atoms with Gasteiger partial charge < -0.3 is 15.5 Å². The number of aliphatic carboxylic acids is 1. The number of rotatable bonds is 6. The predicted molar refractivity (Wildman–Crippen MR) is 57.7 cm³/mol. The Morgan fingerprint density at radius 1 is 1.33 bits per heavy atom. The van der Waals surface area contributed by atoms with Gasteiger partial charge in [0.2, 0.25) is 0 Å². The molecule has 4 nitrogen and oxygen atoms in total. The van der Waals surface area contributed by atoms with Gasteiger partial charge in [-0.15, -0.1) is 0 Å². The summed E-state index contributed by atoms with van der Waals surface area (Å²) < 4.78 is 0. The minimum absolute atomic E-state index is 0.207. The van der Waals surface area contributed by atoms with Crippen molar-refractivity contribution in [1.29, 1.82) is 0 Å². The van der Waals surface area contributed by atoms with Gasteiger partial charge in [0.25, 0.3) is 0 Å². The van der Waals surface area contributed by atoms with E-state index in [1.165, 1.54) is 0 Å². The van der Waals surface area contributed by atoms with E-state index in [0.717, 1.165) is 45.1 Å². The quantitative estimate of drug-likeness (QED) is 0.578. The number of unbranched alkanes of at least 4 members (excludes halogenated alkanes) is 2. The smallest absolute Gasteiger partial charge is 0.310 e. The standard InChI is InChI=1S/C11H21NO3/c13-8-3-1-2-5-11(10(14)15)6-4-7-12-9-11/h12-13H,1-9H2,(H,14,15). The first-order valence-electron chi connectivity index (χ1n) is 5.76. The topological polar surface area (TPSA) is 69.6 Å². The lowest BCUT2D eigenvalue weighted by Crippen LogP contribution is -2.45. The van der Waals surface area contributed by atoms with Crippen LogP contribution in [0, 0.1) is 5.41 Å². The highest BCUT2D eigenvalue weighted by molar-refractivity contribution is 5.75. The molecule has 3 N–H and O–H groups in total. The van der Waals surface area contributed by atoms with Crippen LogP contribution < -0.4 is 5.32 Å². The third-order valence-corrected chi connectivity index (χ3v) is 3.24. The minimum Gasteiger partial charge on any atom is -0.481 e. The van der Waals surface area contributed by atoms with Crippen LogP contribution in [0.1, 0.15) is 38.5 Å². The van der Waals surface area contributed by atoms with Gasteiger partial charge in [0, 0.05) is 13.2 Å². The number of carboxylic acid groups (broad SMARTS) is 1. The summed E-state index contributed by atoms with van der Waals surface area (Å²) in [4.78, 5) is 11.3. The van der Waals surface area contributed by atoms with Crippen LogP contribution in [0.3, 0.4) is 0 Å². The molecule has 1 saturated heterocycles. The number of nitrogens with one attached hydrogen (secondary N) is 1. The number of piperidine rings is 1. The lowest BCUT2D eigenvalue weighted by molar-refractivity contribution is -0.150. The molecule has 0 bridgehead atoms. The highest BCUT2D eigenvalue weighted by Gasteiger charge is 2.38. The van der Waals surface area contributed by atoms with Gasteiger partial charge in [-0.3, -0.25) is 4.79 Å². The average Bonchev–Trinajstić information content (AvgIpc) is 2.26. The van der Waals surface area contributed by atoms with Gasteiger partial charge in [0.15, 0.2) is 0 Å². The molecular weight excluding hydrogens is 194 g/mol. The van der Waals surface area contributed by atoms with E-state index in [1.54, 1.807) is 0 Å². The second-order valence-corrected chi connectivity index (χ2v) is 4.40. The number of aliphatic hydroxyl groups excluding tert-OH is 1. The first-order chi connectivity index (χ1) is 7.21. The Bertz CT molecular complexity index is 200. The van der Waals surface area contributed by atoms with Crippen molar-refractivity contribution in [1.82, 2.24) is 5.32 Å². The number of carbonyl (C=O) groups is 1. The fraction of sp³-hybridized carbons (Fsp3) is 0.909. The number of carboxylic acids is 1. The normalized spacial score (nSPS) is 26.5. The Morgan fingerprint density at radius 2 is 2.13 bits per heavy atom. The van der Waals surface area contributed by atoms with Gasteiger partial charge in [-0.2, -0.15) is 0 Å². The van der Waals surface area contributed by atoms with Gasteiger partial charge >= 0.3 is 5.97 Å². The number of aliphatic hydroxyl groups is 1. The molecule has 0 spiro atoms. The zero-order chi connectivity index (χ0) is 11.1. The molecule has 1 heterocycles. The Balaban J connectivity index is 2.39. The van der Waals surface area contributed by atoms with Gasteiger partial charge in [-0.1, -0.05) is 12.8 Å². The van der Waals surface area contributed by atoms with Crippen molar-refractivity contribution < 1.29 is 15.0 Å². The first kappa shape index (κ1) is 12.5. The Hall–Kier alpha value is -0.610. The van der Waals surface area contributed by atoms with Crippen molar-refractivity contribution in [2.45, 2.75) is 38.5 Å². The SMILES string of the molecule is O=C(O)C1(CCCCCO)CCCNC1. The Morgan fingerprint density at radius 3 is 2.67 bits per heavy atom. The van der Waals surface area contributed by atoms with E-state index in [0.29, 0.717) is 6.54 Å². The highest BCUT2D eigenvalue weighted by Crippen LogP contribution is 2.32. The molecule has 1 aliphatic heterocycles. The molecule has 1 fully saturated rings. The van der Waals surface area contributed by atoms with Gasteiger partial charge in [-0.25, -0.2) is 0 Å². The molecule has 1 aliphatic rings. The molecule has 1 unspecified atom stereocenters. The molecule has 0 radical (unpaired) electrons. The van der Waals surface area contributed by atoms with Gasteiger partial charge in [0.1, 0.15) is 0 Å². The van der Waals surface area contributed by atoms with Crippen LogP contribution in [-0.2, 0) is 4.79 Å². The van der Waals surface area contributed by atoms with Gasteiger partial charge in [-0.05, 0) is 32.2 Å². The van der Waals surface area contributed by atoms with Crippen LogP contribution in [0.2, 0.25) is 0 Å². The molecule has 0 saturated carbocycles. The summed E-state index contributed by atoms with van der Waals surface area (Å²) in [6, 6.07) is 0. The van der Waals surface area contributed by atoms with Crippen molar-refractivity contribution >= 4 is 5.97 Å². The maximum atomic E-state index is 11.3. The van der Waals surface area contributed by atoms with E-state index < -0.39 is 11.4 Å². The van der Waals surface area contributed by atoms with Crippen LogP contribution in [0.25, 0.3) is 0 Å². The van der Waals surface area contributed by atoms with E-state index in [1.807, 2.05) is 0 Å². The third-order valence-electron chi connectivity index (χ3n) is 3.24. The largest absolute Gasteiger partial charge is 0.481 e. The highest BCUT2D eigenvalue weighted by atomic mass is 16.4. The lowest BCUT2D eigenvalue weighted by Gasteiger charge is -2.33. The second kappa shape index (κ2) is 6.08. The molecule has 0 aromatic rings. The molecule has 0 aromatic heterocycles. The van der Waals surface area contributed by atoms with Gasteiger partial charge in [0.05, 0.1) is 5.41 Å². The van der Waals surface area contributed by atoms with Crippen molar-refractivity contribution in [3.63, 3.8) is 0 Å². The fourth-order valence-electron chi connectivity index (χ4n) is 2.22. The second-order valence-electron chi connectivity index (χ2n) is 4.40. The van der Waals surface area contributed by atoms with E-state index >= 15 is 0 Å². The molecule has 88 valence electrons. The van der Waals surface area contributed by atoms with Crippen molar-refractivity contribution in [2.24, 2.45) is 5.41 Å². The van der Waals surface area contributed by atoms with E-state index in [-0.39, 0.29) is 6.61 Å². The summed E-state index contributed by atoms with van der Waals surface area (Å²) in [5, 5.41) is 21.1. The molecule has 0 aliphatic carbocycles. The van der Waals surface area contributed by atoms with E-state index in [2.05, 4.69) is 5.32 Å². The minimum atomic E-state index is -0.668. The summed E-state index contributed by atoms with van der Waals surface area (Å²) in [6.45, 7) is 1.74. The summed E-state index contributed by atoms with van der Waals surface area (Å²) in [7, 11) is 0. The zero-order valence-electron chi connectivity index (χ0n) is 9.17. The number of hydrogen-bond acceptors (Lipinski definition) is 3. The molecule has 15 heavy (non-hydrogen) atoms. The molecule has 1 rings (SSSR count). The molecular formula is C11H21NO3. The Kier molecular flexibility index (Phi) is 5.05. The Labute approximate surface area is 90.7 Å². The van der Waals surface area contributed by atoms with Crippen LogP contribution in [-0.4, -0.2) is 35.9 Å². The maximum Gasteiger partial charge on any atom is 0.310 e. The zero-order valence-corrected chi connectivity index (χ0v) is 9.17. The first-order valence-corrected chi connectivity index (χ1v) is 5.76. The van der Waals surface area contributed by atoms with Crippen LogP contribution in [0.5, 0.6) is 0 Å². The maximum absolute atomic E-state index is 11.3. The molecule has 0 aromatic carbocycles. The summed E-state index contributed by atoms with van der Waals surface area (Å²) >= 11 is 0. The predicted octanol–water partition coefficient (Wildman–Crippen LogP) is 0.994. The summed E-state index contributed by atoms with van der Waals surface area (Å²) in [5.74, 6) is -0.668. The summed E-state index contributed by atoms with van der Waals surface area (Å²) in [6.07, 6.45) is 5.07. The van der Waals surface area contributed by atoms with E-state index in [4.69, 9.17) is 5.11 Å². The lowest BCUT2D eigenvalue weighted by atomic mass is 9.76. The number of hydrogen-bond donors (Lipinski definition) is 3. The summed E-state index contributed by atoms with van der Waals surface area (Å²) in [5.41, 5.74) is -0.548. The molecule has 0 amide bonds. The van der Waals surface area contributed by atoms with Crippen LogP contribution in [0.15, 0.2) is 0 Å². The molecule has 1 atom stereocenters. The fourth-order valence-corrected chi connectivity index (χ4v) is 2.22. The van der Waals surface area contributed by atoms with Crippen molar-refractivity contribution in [2.75, 3.05) is 19.7 Å². The van der Waals surface area contributed by atoms with Crippen molar-refractivity contribution in [3.05, 3.63) is 0 Å². The van der Waals surface area contributed by atoms with Crippen molar-refractivity contribution in [3.8, 4) is 0 Å². The third kappa shape index (κ3) is 3.47. The average molecular weight is 215 g/mol. The van der Waals surface area contributed by atoms with E-state index in [9.17, 15) is 9.90 Å². The molecule has 4 heteroatoms. The van der Waals surface area contributed by atoms with Crippen LogP contribution in [0.4, 0.5) is 0 Å².